The summed E-state index contributed by atoms with van der Waals surface area (Å²) in [7, 11) is 1.39. The van der Waals surface area contributed by atoms with Crippen LogP contribution in [-0.4, -0.2) is 24.9 Å². The minimum Gasteiger partial charge on any atom is -0.315 e. The van der Waals surface area contributed by atoms with Gasteiger partial charge in [-0.05, 0) is 17.2 Å². The number of nitrogens with zero attached hydrogens (tertiary/aromatic N) is 4. The Hall–Kier alpha value is -2.14. The molecule has 94 valence electrons. The van der Waals surface area contributed by atoms with Crippen LogP contribution in [0.5, 0.6) is 0 Å². The van der Waals surface area contributed by atoms with Gasteiger partial charge in [-0.1, -0.05) is 23.3 Å². The number of fused-ring (bicyclic) bond motifs is 1. The predicted octanol–water partition coefficient (Wildman–Crippen LogP) is 2.52. The second-order valence-corrected chi connectivity index (χ2v) is 4.07. The van der Waals surface area contributed by atoms with Gasteiger partial charge in [0, 0.05) is 24.1 Å². The fraction of sp³-hybridized carbons (Fsp3) is 0.364. The van der Waals surface area contributed by atoms with Gasteiger partial charge in [-0.3, -0.25) is 4.79 Å². The molecule has 5 nitrogen and oxygen atoms in total. The van der Waals surface area contributed by atoms with Crippen molar-refractivity contribution in [2.75, 3.05) is 11.9 Å². The van der Waals surface area contributed by atoms with Crippen molar-refractivity contribution >= 4 is 11.6 Å². The molecule has 1 aliphatic heterocycles. The third-order valence-electron chi connectivity index (χ3n) is 2.91. The molecule has 18 heavy (non-hydrogen) atoms. The molecule has 1 aromatic rings. The summed E-state index contributed by atoms with van der Waals surface area (Å²) in [6, 6.07) is 4.41. The first-order chi connectivity index (χ1) is 8.47. The van der Waals surface area contributed by atoms with E-state index in [0.717, 1.165) is 4.90 Å². The number of para-hydroxylation sites is 1. The lowest BCUT2D eigenvalue weighted by atomic mass is 10.0. The van der Waals surface area contributed by atoms with Crippen molar-refractivity contribution < 1.29 is 13.6 Å². The fourth-order valence-corrected chi connectivity index (χ4v) is 2.01. The van der Waals surface area contributed by atoms with Crippen LogP contribution in [0.2, 0.25) is 0 Å². The molecule has 1 unspecified atom stereocenters. The van der Waals surface area contributed by atoms with Gasteiger partial charge in [0.2, 0.25) is 5.91 Å². The minimum atomic E-state index is -3.38. The first-order valence-electron chi connectivity index (χ1n) is 5.25. The number of hydrogen-bond acceptors (Lipinski definition) is 2. The monoisotopic (exact) mass is 252 g/mol. The van der Waals surface area contributed by atoms with Crippen LogP contribution in [0.4, 0.5) is 14.5 Å². The van der Waals surface area contributed by atoms with Crippen molar-refractivity contribution in [2.45, 2.75) is 18.4 Å². The van der Waals surface area contributed by atoms with Gasteiger partial charge in [0.25, 0.3) is 5.92 Å². The maximum Gasteiger partial charge on any atom is 0.269 e. The smallest absolute Gasteiger partial charge is 0.269 e. The van der Waals surface area contributed by atoms with Crippen LogP contribution in [0, 0.1) is 0 Å². The maximum absolute atomic E-state index is 13.9. The number of hydrogen-bond donors (Lipinski definition) is 0. The highest BCUT2D eigenvalue weighted by molar-refractivity contribution is 5.99. The molecular weight excluding hydrogens is 242 g/mol. The number of alkyl halides is 2. The highest BCUT2D eigenvalue weighted by atomic mass is 19.3. The number of carbonyl (C=O) groups is 1. The Morgan fingerprint density at radius 2 is 2.17 bits per heavy atom. The Bertz CT molecular complexity index is 540. The number of halogens is 2. The molecule has 1 aliphatic rings. The lowest BCUT2D eigenvalue weighted by Crippen LogP contribution is -2.44. The van der Waals surface area contributed by atoms with Crippen molar-refractivity contribution in [3.63, 3.8) is 0 Å². The number of rotatable bonds is 1. The molecule has 0 saturated carbocycles. The van der Waals surface area contributed by atoms with Crippen molar-refractivity contribution in [1.29, 1.82) is 0 Å². The van der Waals surface area contributed by atoms with Gasteiger partial charge >= 0.3 is 0 Å². The number of azide groups is 1. The number of benzene rings is 1. The quantitative estimate of drug-likeness (QED) is 0.430. The number of amides is 1. The molecular formula is C11H10F2N4O. The highest BCUT2D eigenvalue weighted by Crippen LogP contribution is 2.35. The molecule has 2 rings (SSSR count). The summed E-state index contributed by atoms with van der Waals surface area (Å²) in [6.45, 7) is 0. The van der Waals surface area contributed by atoms with E-state index in [1.807, 2.05) is 0 Å². The average molecular weight is 252 g/mol. The van der Waals surface area contributed by atoms with E-state index in [2.05, 4.69) is 10.0 Å². The summed E-state index contributed by atoms with van der Waals surface area (Å²) < 4.78 is 27.8. The third kappa shape index (κ3) is 1.89. The molecule has 7 heteroatoms. The Balaban J connectivity index is 2.57. The Labute approximate surface area is 102 Å². The number of anilines is 1. The van der Waals surface area contributed by atoms with E-state index < -0.39 is 24.3 Å². The van der Waals surface area contributed by atoms with E-state index in [0.29, 0.717) is 11.3 Å². The Morgan fingerprint density at radius 3 is 2.83 bits per heavy atom. The SMILES string of the molecule is CN1C(=O)C(N=[N+]=[N-])C(F)(F)Cc2ccccc21. The van der Waals surface area contributed by atoms with E-state index in [9.17, 15) is 13.6 Å². The lowest BCUT2D eigenvalue weighted by Gasteiger charge is -2.21. The largest absolute Gasteiger partial charge is 0.315 e. The molecule has 0 fully saturated rings. The van der Waals surface area contributed by atoms with E-state index in [1.165, 1.54) is 13.1 Å². The van der Waals surface area contributed by atoms with E-state index in [4.69, 9.17) is 5.53 Å². The van der Waals surface area contributed by atoms with Crippen molar-refractivity contribution in [3.05, 3.63) is 40.3 Å². The summed E-state index contributed by atoms with van der Waals surface area (Å²) in [5, 5.41) is 2.95. The minimum absolute atomic E-state index is 0.356. The van der Waals surface area contributed by atoms with Gasteiger partial charge in [0.1, 0.15) is 0 Å². The molecule has 0 aromatic heterocycles. The van der Waals surface area contributed by atoms with Gasteiger partial charge in [-0.25, -0.2) is 8.78 Å². The third-order valence-corrected chi connectivity index (χ3v) is 2.91. The molecule has 0 radical (unpaired) electrons. The highest BCUT2D eigenvalue weighted by Gasteiger charge is 2.48. The molecule has 0 bridgehead atoms. The summed E-state index contributed by atoms with van der Waals surface area (Å²) >= 11 is 0. The van der Waals surface area contributed by atoms with Crippen LogP contribution >= 0.6 is 0 Å². The van der Waals surface area contributed by atoms with Crippen LogP contribution in [0.15, 0.2) is 29.4 Å². The van der Waals surface area contributed by atoms with Crippen LogP contribution < -0.4 is 4.90 Å². The zero-order chi connectivity index (χ0) is 13.3. The summed E-state index contributed by atoms with van der Waals surface area (Å²) in [4.78, 5) is 15.3. The fourth-order valence-electron chi connectivity index (χ4n) is 2.01. The molecule has 0 N–H and O–H groups in total. The summed E-state index contributed by atoms with van der Waals surface area (Å²) in [5.41, 5.74) is 9.09. The first kappa shape index (κ1) is 12.3. The van der Waals surface area contributed by atoms with Gasteiger partial charge in [0.05, 0.1) is 0 Å². The second-order valence-electron chi connectivity index (χ2n) is 4.07. The van der Waals surface area contributed by atoms with E-state index in [1.54, 1.807) is 18.2 Å². The molecule has 1 amide bonds. The van der Waals surface area contributed by atoms with E-state index in [-0.39, 0.29) is 0 Å². The van der Waals surface area contributed by atoms with Gasteiger partial charge in [-0.2, -0.15) is 0 Å². The number of carbonyl (C=O) groups excluding carboxylic acids is 1. The molecule has 0 saturated heterocycles. The van der Waals surface area contributed by atoms with Crippen molar-refractivity contribution in [2.24, 2.45) is 5.11 Å². The van der Waals surface area contributed by atoms with E-state index >= 15 is 0 Å². The van der Waals surface area contributed by atoms with Crippen LogP contribution in [0.3, 0.4) is 0 Å². The van der Waals surface area contributed by atoms with Crippen molar-refractivity contribution in [1.82, 2.24) is 0 Å². The van der Waals surface area contributed by atoms with Gasteiger partial charge < -0.3 is 4.90 Å². The Kier molecular flexibility index (Phi) is 2.92. The standard InChI is InChI=1S/C11H10F2N4O/c1-17-8-5-3-2-4-7(8)6-11(12,13)9(10(17)18)15-16-14/h2-5,9H,6H2,1H3. The van der Waals surface area contributed by atoms with Crippen LogP contribution in [0.25, 0.3) is 10.4 Å². The predicted molar refractivity (Wildman–Crippen MR) is 61.4 cm³/mol. The van der Waals surface area contributed by atoms with Crippen LogP contribution in [0.1, 0.15) is 5.56 Å². The first-order valence-corrected chi connectivity index (χ1v) is 5.25. The average Bonchev–Trinajstić information content (AvgIpc) is 2.40. The van der Waals surface area contributed by atoms with Gasteiger partial charge in [-0.15, -0.1) is 0 Å². The normalized spacial score (nSPS) is 21.8. The second kappa shape index (κ2) is 4.27. The molecule has 0 spiro atoms. The molecule has 0 aliphatic carbocycles. The zero-order valence-corrected chi connectivity index (χ0v) is 9.55. The Morgan fingerprint density at radius 1 is 1.50 bits per heavy atom. The zero-order valence-electron chi connectivity index (χ0n) is 9.55. The topological polar surface area (TPSA) is 69.1 Å². The molecule has 1 heterocycles. The molecule has 1 atom stereocenters. The summed E-state index contributed by atoms with van der Waals surface area (Å²) in [5.74, 6) is -4.28. The summed E-state index contributed by atoms with van der Waals surface area (Å²) in [6.07, 6.45) is -0.622. The van der Waals surface area contributed by atoms with Gasteiger partial charge in [0.15, 0.2) is 6.04 Å². The van der Waals surface area contributed by atoms with Crippen molar-refractivity contribution in [3.8, 4) is 0 Å². The maximum atomic E-state index is 13.9. The lowest BCUT2D eigenvalue weighted by molar-refractivity contribution is -0.127. The molecule has 1 aromatic carbocycles. The number of likely N-dealkylation sites (N-methyl/N-ethyl adjacent to an activating group) is 1. The van der Waals surface area contributed by atoms with Crippen LogP contribution in [-0.2, 0) is 11.2 Å².